The van der Waals surface area contributed by atoms with Gasteiger partial charge < -0.3 is 15.2 Å². The van der Waals surface area contributed by atoms with Gasteiger partial charge in [-0.2, -0.15) is 0 Å². The lowest BCUT2D eigenvalue weighted by Gasteiger charge is -2.31. The van der Waals surface area contributed by atoms with Gasteiger partial charge in [-0.05, 0) is 36.9 Å². The first-order chi connectivity index (χ1) is 9.36. The van der Waals surface area contributed by atoms with Gasteiger partial charge in [-0.1, -0.05) is 31.0 Å². The summed E-state index contributed by atoms with van der Waals surface area (Å²) in [5.41, 5.74) is 7.14. The van der Waals surface area contributed by atoms with Gasteiger partial charge in [0, 0.05) is 6.42 Å². The highest BCUT2D eigenvalue weighted by atomic mass is 16.5. The average Bonchev–Trinajstić information content (AvgIpc) is 2.88. The summed E-state index contributed by atoms with van der Waals surface area (Å²) in [4.78, 5) is 0. The Kier molecular flexibility index (Phi) is 4.04. The maximum absolute atomic E-state index is 6.10. The molecule has 2 aliphatic rings. The molecule has 1 fully saturated rings. The lowest BCUT2D eigenvalue weighted by molar-refractivity contribution is -0.0373. The minimum atomic E-state index is 0.178. The third-order valence-corrected chi connectivity index (χ3v) is 4.35. The third-order valence-electron chi connectivity index (χ3n) is 4.35. The smallest absolute Gasteiger partial charge is 0.126 e. The molecule has 104 valence electrons. The molecule has 1 heterocycles. The van der Waals surface area contributed by atoms with Gasteiger partial charge in [0.25, 0.3) is 0 Å². The van der Waals surface area contributed by atoms with E-state index in [9.17, 15) is 0 Å². The normalized spacial score (nSPS) is 29.8. The first-order valence-electron chi connectivity index (χ1n) is 7.43. The first-order valence-corrected chi connectivity index (χ1v) is 7.43. The maximum atomic E-state index is 6.10. The first kappa shape index (κ1) is 12.9. The zero-order valence-corrected chi connectivity index (χ0v) is 11.4. The average molecular weight is 261 g/mol. The van der Waals surface area contributed by atoms with Crippen molar-refractivity contribution in [1.82, 2.24) is 0 Å². The molecule has 1 aliphatic heterocycles. The highest BCUT2D eigenvalue weighted by Crippen LogP contribution is 2.30. The van der Waals surface area contributed by atoms with Gasteiger partial charge >= 0.3 is 0 Å². The molecule has 19 heavy (non-hydrogen) atoms. The minimum Gasteiger partial charge on any atom is -0.487 e. The van der Waals surface area contributed by atoms with Gasteiger partial charge in [-0.15, -0.1) is 0 Å². The molecular weight excluding hydrogens is 238 g/mol. The Balaban J connectivity index is 1.51. The monoisotopic (exact) mass is 261 g/mol. The molecule has 1 saturated carbocycles. The quantitative estimate of drug-likeness (QED) is 0.905. The number of fused-ring (bicyclic) bond motifs is 1. The van der Waals surface area contributed by atoms with Gasteiger partial charge in [0.2, 0.25) is 0 Å². The molecule has 0 spiro atoms. The Hall–Kier alpha value is -1.06. The Morgan fingerprint density at radius 2 is 2.05 bits per heavy atom. The second-order valence-corrected chi connectivity index (χ2v) is 5.70. The van der Waals surface area contributed by atoms with Crippen molar-refractivity contribution in [2.75, 3.05) is 13.2 Å². The molecular formula is C16H23NO2. The highest BCUT2D eigenvalue weighted by Gasteiger charge is 2.28. The Bertz CT molecular complexity index is 396. The van der Waals surface area contributed by atoms with Crippen LogP contribution in [0.3, 0.4) is 0 Å². The summed E-state index contributed by atoms with van der Waals surface area (Å²) in [6, 6.07) is 8.27. The molecule has 1 aliphatic carbocycles. The second kappa shape index (κ2) is 5.93. The second-order valence-electron chi connectivity index (χ2n) is 5.70. The van der Waals surface area contributed by atoms with Crippen molar-refractivity contribution >= 4 is 0 Å². The van der Waals surface area contributed by atoms with E-state index in [-0.39, 0.29) is 6.10 Å². The van der Waals surface area contributed by atoms with E-state index >= 15 is 0 Å². The predicted molar refractivity (Wildman–Crippen MR) is 75.3 cm³/mol. The summed E-state index contributed by atoms with van der Waals surface area (Å²) in [7, 11) is 0. The number of nitrogens with two attached hydrogens (primary N) is 1. The summed E-state index contributed by atoms with van der Waals surface area (Å²) in [5.74, 6) is 1.56. The van der Waals surface area contributed by atoms with Crippen molar-refractivity contribution < 1.29 is 9.47 Å². The van der Waals surface area contributed by atoms with Gasteiger partial charge in [0.1, 0.15) is 11.9 Å². The van der Waals surface area contributed by atoms with E-state index in [0.29, 0.717) is 18.6 Å². The fourth-order valence-electron chi connectivity index (χ4n) is 3.24. The molecule has 3 rings (SSSR count). The standard InChI is InChI=1S/C16H23NO2/c17-10-13-6-2-3-7-15(13)18-11-14-9-12-5-1-4-8-16(12)19-14/h1,4-5,8,13-15H,2-3,6-7,9-11,17H2. The maximum Gasteiger partial charge on any atom is 0.126 e. The van der Waals surface area contributed by atoms with Gasteiger partial charge in [-0.25, -0.2) is 0 Å². The predicted octanol–water partition coefficient (Wildman–Crippen LogP) is 2.52. The Labute approximate surface area is 115 Å². The zero-order chi connectivity index (χ0) is 13.1. The number of hydrogen-bond acceptors (Lipinski definition) is 3. The van der Waals surface area contributed by atoms with E-state index in [2.05, 4.69) is 12.1 Å². The van der Waals surface area contributed by atoms with Crippen LogP contribution in [0.15, 0.2) is 24.3 Å². The fraction of sp³-hybridized carbons (Fsp3) is 0.625. The summed E-state index contributed by atoms with van der Waals surface area (Å²) in [5, 5.41) is 0. The van der Waals surface area contributed by atoms with Crippen LogP contribution in [0, 0.1) is 5.92 Å². The number of hydrogen-bond donors (Lipinski definition) is 1. The van der Waals surface area contributed by atoms with Crippen molar-refractivity contribution in [3.05, 3.63) is 29.8 Å². The van der Waals surface area contributed by atoms with Crippen LogP contribution in [0.25, 0.3) is 0 Å². The Morgan fingerprint density at radius 1 is 1.21 bits per heavy atom. The molecule has 3 atom stereocenters. The number of ether oxygens (including phenoxy) is 2. The summed E-state index contributed by atoms with van der Waals surface area (Å²) < 4.78 is 12.0. The van der Waals surface area contributed by atoms with Gasteiger partial charge in [0.15, 0.2) is 0 Å². The zero-order valence-electron chi connectivity index (χ0n) is 11.4. The summed E-state index contributed by atoms with van der Waals surface area (Å²) in [6.45, 7) is 1.44. The number of rotatable bonds is 4. The van der Waals surface area contributed by atoms with Gasteiger partial charge in [0.05, 0.1) is 12.7 Å². The van der Waals surface area contributed by atoms with Crippen LogP contribution in [-0.2, 0) is 11.2 Å². The molecule has 1 aromatic rings. The van der Waals surface area contributed by atoms with Crippen molar-refractivity contribution in [3.63, 3.8) is 0 Å². The molecule has 0 amide bonds. The van der Waals surface area contributed by atoms with Crippen LogP contribution in [0.4, 0.5) is 0 Å². The molecule has 3 nitrogen and oxygen atoms in total. The van der Waals surface area contributed by atoms with Crippen molar-refractivity contribution in [2.45, 2.75) is 44.3 Å². The topological polar surface area (TPSA) is 44.5 Å². The Morgan fingerprint density at radius 3 is 2.89 bits per heavy atom. The van der Waals surface area contributed by atoms with E-state index in [4.69, 9.17) is 15.2 Å². The number of benzene rings is 1. The SMILES string of the molecule is NCC1CCCCC1OCC1Cc2ccccc2O1. The van der Waals surface area contributed by atoms with Crippen molar-refractivity contribution in [2.24, 2.45) is 11.7 Å². The molecule has 3 unspecified atom stereocenters. The van der Waals surface area contributed by atoms with Crippen LogP contribution < -0.4 is 10.5 Å². The van der Waals surface area contributed by atoms with E-state index in [1.54, 1.807) is 0 Å². The van der Waals surface area contributed by atoms with E-state index < -0.39 is 0 Å². The van der Waals surface area contributed by atoms with Crippen LogP contribution in [0.1, 0.15) is 31.2 Å². The molecule has 0 aromatic heterocycles. The summed E-state index contributed by atoms with van der Waals surface area (Å²) in [6.07, 6.45) is 6.42. The van der Waals surface area contributed by atoms with E-state index in [1.165, 1.54) is 24.8 Å². The van der Waals surface area contributed by atoms with Crippen LogP contribution in [0.5, 0.6) is 5.75 Å². The lowest BCUT2D eigenvalue weighted by atomic mass is 9.86. The number of para-hydroxylation sites is 1. The van der Waals surface area contributed by atoms with Gasteiger partial charge in [-0.3, -0.25) is 0 Å². The van der Waals surface area contributed by atoms with E-state index in [0.717, 1.165) is 25.1 Å². The molecule has 0 radical (unpaired) electrons. The molecule has 0 bridgehead atoms. The molecule has 2 N–H and O–H groups in total. The molecule has 1 aromatic carbocycles. The minimum absolute atomic E-state index is 0.178. The van der Waals surface area contributed by atoms with Crippen molar-refractivity contribution in [3.8, 4) is 5.75 Å². The van der Waals surface area contributed by atoms with Crippen LogP contribution in [0.2, 0.25) is 0 Å². The largest absolute Gasteiger partial charge is 0.487 e. The summed E-state index contributed by atoms with van der Waals surface area (Å²) >= 11 is 0. The molecule has 0 saturated heterocycles. The van der Waals surface area contributed by atoms with Crippen molar-refractivity contribution in [1.29, 1.82) is 0 Å². The van der Waals surface area contributed by atoms with Crippen LogP contribution >= 0.6 is 0 Å². The fourth-order valence-corrected chi connectivity index (χ4v) is 3.24. The highest BCUT2D eigenvalue weighted by molar-refractivity contribution is 5.37. The molecule has 3 heteroatoms. The van der Waals surface area contributed by atoms with Crippen LogP contribution in [-0.4, -0.2) is 25.4 Å². The third kappa shape index (κ3) is 2.93. The van der Waals surface area contributed by atoms with E-state index in [1.807, 2.05) is 12.1 Å². The lowest BCUT2D eigenvalue weighted by Crippen LogP contribution is -2.35.